The number of hydrogen-bond acceptors (Lipinski definition) is 5. The number of methoxy groups -OCH3 is 1. The van der Waals surface area contributed by atoms with Gasteiger partial charge in [0.1, 0.15) is 11.8 Å². The lowest BCUT2D eigenvalue weighted by Gasteiger charge is -2.33. The van der Waals surface area contributed by atoms with Gasteiger partial charge in [0.15, 0.2) is 0 Å². The van der Waals surface area contributed by atoms with E-state index in [0.717, 1.165) is 49.4 Å². The Morgan fingerprint density at radius 2 is 1.76 bits per heavy atom. The van der Waals surface area contributed by atoms with Gasteiger partial charge < -0.3 is 9.64 Å². The summed E-state index contributed by atoms with van der Waals surface area (Å²) in [5, 5.41) is 2.36. The Labute approximate surface area is 193 Å². The summed E-state index contributed by atoms with van der Waals surface area (Å²) in [6, 6.07) is 13.8. The molecule has 2 fully saturated rings. The number of imide groups is 1. The maximum absolute atomic E-state index is 13.1. The molecule has 7 heteroatoms. The second-order valence-electron chi connectivity index (χ2n) is 9.15. The van der Waals surface area contributed by atoms with Crippen LogP contribution in [0.15, 0.2) is 42.5 Å². The van der Waals surface area contributed by atoms with Crippen LogP contribution >= 0.6 is 0 Å². The third-order valence-corrected chi connectivity index (χ3v) is 7.18. The molecule has 3 aliphatic rings. The standard InChI is InChI=1S/C26H29N3O4/c1-33-24-19(18-11-13-28(14-12-18)15-17-5-3-2-4-6-17)7-8-20-21(24)16-29(26(20)32)22-9-10-23(30)27-25(22)31/h2-8,18,22H,9-16H2,1H3,(H,27,30,31). The van der Waals surface area contributed by atoms with Crippen molar-refractivity contribution in [2.24, 2.45) is 0 Å². The molecular weight excluding hydrogens is 418 g/mol. The number of nitrogens with zero attached hydrogens (tertiary/aromatic N) is 2. The van der Waals surface area contributed by atoms with E-state index in [0.29, 0.717) is 24.4 Å². The van der Waals surface area contributed by atoms with Crippen molar-refractivity contribution in [1.29, 1.82) is 0 Å². The first-order chi connectivity index (χ1) is 16.0. The number of amides is 3. The number of benzene rings is 2. The van der Waals surface area contributed by atoms with Crippen molar-refractivity contribution in [3.63, 3.8) is 0 Å². The molecule has 33 heavy (non-hydrogen) atoms. The number of likely N-dealkylation sites (tertiary alicyclic amines) is 1. The van der Waals surface area contributed by atoms with Gasteiger partial charge in [-0.25, -0.2) is 0 Å². The summed E-state index contributed by atoms with van der Waals surface area (Å²) in [4.78, 5) is 41.0. The van der Waals surface area contributed by atoms with E-state index in [2.05, 4.69) is 34.5 Å². The normalized spacial score (nSPS) is 21.8. The minimum atomic E-state index is -0.614. The van der Waals surface area contributed by atoms with Crippen LogP contribution < -0.4 is 10.1 Å². The van der Waals surface area contributed by atoms with Gasteiger partial charge in [-0.2, -0.15) is 0 Å². The van der Waals surface area contributed by atoms with Crippen molar-refractivity contribution >= 4 is 17.7 Å². The van der Waals surface area contributed by atoms with Gasteiger partial charge in [-0.15, -0.1) is 0 Å². The average Bonchev–Trinajstić information content (AvgIpc) is 3.16. The molecule has 3 aliphatic heterocycles. The van der Waals surface area contributed by atoms with E-state index in [4.69, 9.17) is 4.74 Å². The molecule has 5 rings (SSSR count). The van der Waals surface area contributed by atoms with Crippen molar-refractivity contribution in [2.45, 2.75) is 50.7 Å². The number of carbonyl (C=O) groups excluding carboxylic acids is 3. The number of fused-ring (bicyclic) bond motifs is 1. The summed E-state index contributed by atoms with van der Waals surface area (Å²) in [7, 11) is 1.66. The van der Waals surface area contributed by atoms with Crippen LogP contribution in [-0.2, 0) is 22.7 Å². The molecule has 0 bridgehead atoms. The molecule has 1 atom stereocenters. The first-order valence-electron chi connectivity index (χ1n) is 11.7. The predicted molar refractivity (Wildman–Crippen MR) is 123 cm³/mol. The molecule has 2 saturated heterocycles. The molecule has 0 saturated carbocycles. The monoisotopic (exact) mass is 447 g/mol. The molecule has 0 aliphatic carbocycles. The zero-order valence-electron chi connectivity index (χ0n) is 18.9. The third kappa shape index (κ3) is 4.13. The molecule has 2 aromatic carbocycles. The van der Waals surface area contributed by atoms with Gasteiger partial charge in [0.25, 0.3) is 5.91 Å². The molecular formula is C26H29N3O4. The summed E-state index contributed by atoms with van der Waals surface area (Å²) < 4.78 is 5.84. The first kappa shape index (κ1) is 21.6. The highest BCUT2D eigenvalue weighted by atomic mass is 16.5. The molecule has 172 valence electrons. The van der Waals surface area contributed by atoms with Gasteiger partial charge >= 0.3 is 0 Å². The maximum Gasteiger partial charge on any atom is 0.255 e. The van der Waals surface area contributed by atoms with Crippen LogP contribution in [-0.4, -0.2) is 53.8 Å². The van der Waals surface area contributed by atoms with Gasteiger partial charge in [-0.1, -0.05) is 36.4 Å². The summed E-state index contributed by atoms with van der Waals surface area (Å²) >= 11 is 0. The second kappa shape index (κ2) is 8.98. The Morgan fingerprint density at radius 1 is 1.00 bits per heavy atom. The Balaban J connectivity index is 1.31. The van der Waals surface area contributed by atoms with Crippen molar-refractivity contribution in [3.8, 4) is 5.75 Å². The number of nitrogens with one attached hydrogen (secondary N) is 1. The molecule has 7 nitrogen and oxygen atoms in total. The highest BCUT2D eigenvalue weighted by Gasteiger charge is 2.41. The van der Waals surface area contributed by atoms with Gasteiger partial charge in [-0.05, 0) is 55.5 Å². The predicted octanol–water partition coefficient (Wildman–Crippen LogP) is 2.84. The molecule has 3 heterocycles. The minimum absolute atomic E-state index is 0.165. The van der Waals surface area contributed by atoms with Crippen LogP contribution in [0.3, 0.4) is 0 Å². The van der Waals surface area contributed by atoms with Crippen LogP contribution in [0.25, 0.3) is 0 Å². The van der Waals surface area contributed by atoms with Crippen molar-refractivity contribution < 1.29 is 19.1 Å². The van der Waals surface area contributed by atoms with E-state index in [9.17, 15) is 14.4 Å². The maximum atomic E-state index is 13.1. The van der Waals surface area contributed by atoms with Crippen molar-refractivity contribution in [1.82, 2.24) is 15.1 Å². The van der Waals surface area contributed by atoms with Crippen molar-refractivity contribution in [2.75, 3.05) is 20.2 Å². The Kier molecular flexibility index (Phi) is 5.89. The number of carbonyl (C=O) groups is 3. The van der Waals surface area contributed by atoms with Crippen LogP contribution in [0.5, 0.6) is 5.75 Å². The molecule has 0 aromatic heterocycles. The third-order valence-electron chi connectivity index (χ3n) is 7.18. The van der Waals surface area contributed by atoms with Crippen molar-refractivity contribution in [3.05, 3.63) is 64.7 Å². The van der Waals surface area contributed by atoms with E-state index in [1.807, 2.05) is 18.2 Å². The second-order valence-corrected chi connectivity index (χ2v) is 9.15. The van der Waals surface area contributed by atoms with Gasteiger partial charge in [0.05, 0.1) is 13.7 Å². The zero-order chi connectivity index (χ0) is 22.9. The first-order valence-corrected chi connectivity index (χ1v) is 11.7. The lowest BCUT2D eigenvalue weighted by molar-refractivity contribution is -0.136. The van der Waals surface area contributed by atoms with E-state index in [1.165, 1.54) is 5.56 Å². The Bertz CT molecular complexity index is 1080. The van der Waals surface area contributed by atoms with E-state index < -0.39 is 11.9 Å². The topological polar surface area (TPSA) is 79.0 Å². The smallest absolute Gasteiger partial charge is 0.255 e. The lowest BCUT2D eigenvalue weighted by Crippen LogP contribution is -2.52. The van der Waals surface area contributed by atoms with Crippen LogP contribution in [0, 0.1) is 0 Å². The highest BCUT2D eigenvalue weighted by molar-refractivity contribution is 6.05. The number of hydrogen-bond donors (Lipinski definition) is 1. The minimum Gasteiger partial charge on any atom is -0.496 e. The Morgan fingerprint density at radius 3 is 2.45 bits per heavy atom. The van der Waals surface area contributed by atoms with Crippen LogP contribution in [0.2, 0.25) is 0 Å². The van der Waals surface area contributed by atoms with Crippen LogP contribution in [0.4, 0.5) is 0 Å². The fourth-order valence-electron chi connectivity index (χ4n) is 5.44. The highest BCUT2D eigenvalue weighted by Crippen LogP contribution is 2.41. The van der Waals surface area contributed by atoms with E-state index >= 15 is 0 Å². The van der Waals surface area contributed by atoms with Gasteiger partial charge in [0.2, 0.25) is 11.8 Å². The fraction of sp³-hybridized carbons (Fsp3) is 0.423. The molecule has 1 unspecified atom stereocenters. The quantitative estimate of drug-likeness (QED) is 0.713. The largest absolute Gasteiger partial charge is 0.496 e. The van der Waals surface area contributed by atoms with E-state index in [1.54, 1.807) is 12.0 Å². The lowest BCUT2D eigenvalue weighted by atomic mass is 9.86. The molecule has 3 amide bonds. The van der Waals surface area contributed by atoms with E-state index in [-0.39, 0.29) is 18.2 Å². The molecule has 2 aromatic rings. The van der Waals surface area contributed by atoms with Gasteiger partial charge in [-0.3, -0.25) is 24.6 Å². The molecule has 1 N–H and O–H groups in total. The summed E-state index contributed by atoms with van der Waals surface area (Å²) in [6.07, 6.45) is 2.68. The summed E-state index contributed by atoms with van der Waals surface area (Å²) in [6.45, 7) is 3.33. The number of ether oxygens (including phenoxy) is 1. The average molecular weight is 448 g/mol. The fourth-order valence-corrected chi connectivity index (χ4v) is 5.44. The van der Waals surface area contributed by atoms with Crippen LogP contribution in [0.1, 0.15) is 58.6 Å². The van der Waals surface area contributed by atoms with Gasteiger partial charge in [0, 0.05) is 24.1 Å². The zero-order valence-corrected chi connectivity index (χ0v) is 18.9. The summed E-state index contributed by atoms with van der Waals surface area (Å²) in [5.41, 5.74) is 3.94. The molecule has 0 radical (unpaired) electrons. The number of rotatable bonds is 5. The SMILES string of the molecule is COc1c(C2CCN(Cc3ccccc3)CC2)ccc2c1CN(C1CCC(=O)NC1=O)C2=O. The Hall–Kier alpha value is -3.19. The summed E-state index contributed by atoms with van der Waals surface area (Å²) in [5.74, 6) is 0.312. The molecule has 0 spiro atoms. The number of piperidine rings is 2.